The summed E-state index contributed by atoms with van der Waals surface area (Å²) in [6.45, 7) is 6.49. The summed E-state index contributed by atoms with van der Waals surface area (Å²) in [5, 5.41) is 27.5. The maximum Gasteiger partial charge on any atom is 0.331 e. The van der Waals surface area contributed by atoms with E-state index in [1.54, 1.807) is 0 Å². The third-order valence-electron chi connectivity index (χ3n) is 8.22. The van der Waals surface area contributed by atoms with Crippen LogP contribution in [-0.2, 0) is 38.3 Å². The van der Waals surface area contributed by atoms with Gasteiger partial charge in [0.1, 0.15) is 30.8 Å². The van der Waals surface area contributed by atoms with E-state index in [0.29, 0.717) is 25.7 Å². The van der Waals surface area contributed by atoms with Crippen LogP contribution in [0.3, 0.4) is 0 Å². The molecule has 3 rings (SSSR count). The van der Waals surface area contributed by atoms with Gasteiger partial charge in [-0.3, -0.25) is 28.8 Å². The summed E-state index contributed by atoms with van der Waals surface area (Å²) in [7, 11) is 0. The van der Waals surface area contributed by atoms with Crippen molar-refractivity contribution in [1.82, 2.24) is 26.0 Å². The first-order valence-corrected chi connectivity index (χ1v) is 16.3. The van der Waals surface area contributed by atoms with E-state index in [0.717, 1.165) is 22.9 Å². The topological polar surface area (TPSA) is 216 Å². The molecular weight excluding hydrogens is 614 g/mol. The van der Waals surface area contributed by atoms with E-state index in [-0.39, 0.29) is 31.6 Å². The van der Waals surface area contributed by atoms with Crippen LogP contribution in [0.15, 0.2) is 10.2 Å². The van der Waals surface area contributed by atoms with Gasteiger partial charge in [-0.05, 0) is 51.4 Å². The summed E-state index contributed by atoms with van der Waals surface area (Å²) in [5.74, 6) is -6.46. The quantitative estimate of drug-likeness (QED) is 0.181. The number of carbonyl (C=O) groups excluding carboxylic acids is 6. The average Bonchev–Trinajstić information content (AvgIpc) is 3.04. The number of carboxylic acid groups (broad SMARTS) is 1. The fourth-order valence-corrected chi connectivity index (χ4v) is 5.59. The molecule has 16 nitrogen and oxygen atoms in total. The number of cyclic esters (lactones) is 1. The number of ether oxygens (including phenoxy) is 1. The minimum atomic E-state index is -1.48. The van der Waals surface area contributed by atoms with Gasteiger partial charge in [0.05, 0.1) is 5.92 Å². The SMILES string of the molecule is CCCCC[C@@H](CC(=O)N1N=CCC[C@H]1C(=O)N[C@H]1COC(=O)[C@H]2CCC=NN2C(=O)[C@H](C)NC(=O)[C@@H](CC(C)C)NC1=O)C(=O)O. The molecule has 3 heterocycles. The number of nitrogens with zero attached hydrogens (tertiary/aromatic N) is 4. The lowest BCUT2D eigenvalue weighted by molar-refractivity contribution is -0.158. The van der Waals surface area contributed by atoms with Crippen LogP contribution in [-0.4, -0.2) is 106 Å². The van der Waals surface area contributed by atoms with Gasteiger partial charge in [-0.1, -0.05) is 40.0 Å². The third-order valence-corrected chi connectivity index (χ3v) is 8.22. The summed E-state index contributed by atoms with van der Waals surface area (Å²) < 4.78 is 5.46. The average molecular weight is 662 g/mol. The maximum absolute atomic E-state index is 13.6. The number of fused-ring (bicyclic) bond motifs is 1. The Kier molecular flexibility index (Phi) is 13.8. The number of carbonyl (C=O) groups is 7. The van der Waals surface area contributed by atoms with E-state index in [1.807, 2.05) is 20.8 Å². The van der Waals surface area contributed by atoms with Crippen LogP contribution in [0.25, 0.3) is 0 Å². The molecule has 47 heavy (non-hydrogen) atoms. The molecule has 260 valence electrons. The summed E-state index contributed by atoms with van der Waals surface area (Å²) in [4.78, 5) is 91.9. The van der Waals surface area contributed by atoms with E-state index in [1.165, 1.54) is 19.4 Å². The monoisotopic (exact) mass is 661 g/mol. The van der Waals surface area contributed by atoms with Gasteiger partial charge in [-0.25, -0.2) is 14.8 Å². The highest BCUT2D eigenvalue weighted by Crippen LogP contribution is 2.21. The number of hydrogen-bond donors (Lipinski definition) is 4. The van der Waals surface area contributed by atoms with Crippen molar-refractivity contribution in [3.63, 3.8) is 0 Å². The van der Waals surface area contributed by atoms with Gasteiger partial charge in [0.15, 0.2) is 6.04 Å². The third kappa shape index (κ3) is 10.3. The molecule has 0 radical (unpaired) electrons. The lowest BCUT2D eigenvalue weighted by Gasteiger charge is -2.31. The molecule has 1 saturated heterocycles. The Morgan fingerprint density at radius 2 is 1.74 bits per heavy atom. The molecular formula is C31H47N7O9. The van der Waals surface area contributed by atoms with Crippen LogP contribution in [0.1, 0.15) is 91.9 Å². The molecule has 0 aromatic rings. The normalized spacial score (nSPS) is 26.2. The van der Waals surface area contributed by atoms with Crippen LogP contribution in [0, 0.1) is 11.8 Å². The minimum Gasteiger partial charge on any atom is -0.481 e. The van der Waals surface area contributed by atoms with Gasteiger partial charge in [-0.15, -0.1) is 0 Å². The number of hydrazone groups is 2. The number of hydrogen-bond acceptors (Lipinski definition) is 10. The Bertz CT molecular complexity index is 1250. The van der Waals surface area contributed by atoms with Crippen molar-refractivity contribution in [2.24, 2.45) is 22.0 Å². The fraction of sp³-hybridized carbons (Fsp3) is 0.710. The highest BCUT2D eigenvalue weighted by Gasteiger charge is 2.40. The summed E-state index contributed by atoms with van der Waals surface area (Å²) in [5.41, 5.74) is 0. The van der Waals surface area contributed by atoms with Crippen molar-refractivity contribution in [3.05, 3.63) is 0 Å². The lowest BCUT2D eigenvalue weighted by Crippen LogP contribution is -2.59. The predicted octanol–water partition coefficient (Wildman–Crippen LogP) is 0.688. The molecule has 16 heteroatoms. The van der Waals surface area contributed by atoms with Crippen molar-refractivity contribution in [2.45, 2.75) is 122 Å². The van der Waals surface area contributed by atoms with E-state index in [4.69, 9.17) is 4.74 Å². The van der Waals surface area contributed by atoms with Crippen LogP contribution in [0.4, 0.5) is 0 Å². The van der Waals surface area contributed by atoms with Crippen molar-refractivity contribution < 1.29 is 43.4 Å². The largest absolute Gasteiger partial charge is 0.481 e. The first-order valence-electron chi connectivity index (χ1n) is 16.3. The molecule has 0 aromatic heterocycles. The standard InChI is InChI=1S/C31H47N7O9/c1-5-6-7-10-20(30(44)45)16-25(39)37-23(11-8-13-32-37)28(42)36-22-17-47-31(46)24-12-9-14-33-38(24)29(43)19(4)34-26(40)21(15-18(2)3)35-27(22)41/h13-14,18-24H,5-12,15-17H2,1-4H3,(H,34,40)(H,35,41)(H,36,42)(H,44,45)/t19-,20-,21+,22-,23-,24+/m0/s1. The number of carboxylic acids is 1. The van der Waals surface area contributed by atoms with Crippen LogP contribution < -0.4 is 16.0 Å². The second-order valence-electron chi connectivity index (χ2n) is 12.6. The predicted molar refractivity (Wildman–Crippen MR) is 168 cm³/mol. The molecule has 3 aliphatic heterocycles. The zero-order valence-corrected chi connectivity index (χ0v) is 27.5. The number of unbranched alkanes of at least 4 members (excludes halogenated alkanes) is 2. The van der Waals surface area contributed by atoms with Gasteiger partial charge >= 0.3 is 11.9 Å². The number of nitrogens with one attached hydrogen (secondary N) is 3. The molecule has 0 bridgehead atoms. The molecule has 0 aromatic carbocycles. The highest BCUT2D eigenvalue weighted by atomic mass is 16.5. The van der Waals surface area contributed by atoms with Crippen LogP contribution in [0.5, 0.6) is 0 Å². The van der Waals surface area contributed by atoms with Crippen molar-refractivity contribution in [1.29, 1.82) is 0 Å². The second-order valence-corrected chi connectivity index (χ2v) is 12.6. The zero-order chi connectivity index (χ0) is 34.7. The Morgan fingerprint density at radius 3 is 2.43 bits per heavy atom. The summed E-state index contributed by atoms with van der Waals surface area (Å²) in [6.07, 6.45) is 6.49. The second kappa shape index (κ2) is 17.5. The van der Waals surface area contributed by atoms with Crippen LogP contribution >= 0.6 is 0 Å². The van der Waals surface area contributed by atoms with E-state index < -0.39 is 84.2 Å². The molecule has 1 fully saturated rings. The number of rotatable bonds is 11. The molecule has 3 aliphatic rings. The number of amides is 5. The fourth-order valence-electron chi connectivity index (χ4n) is 5.59. The molecule has 6 atom stereocenters. The van der Waals surface area contributed by atoms with Gasteiger partial charge < -0.3 is 25.8 Å². The minimum absolute atomic E-state index is 0.0500. The van der Waals surface area contributed by atoms with Crippen molar-refractivity contribution in [2.75, 3.05) is 6.61 Å². The van der Waals surface area contributed by atoms with Gasteiger partial charge in [0, 0.05) is 18.9 Å². The summed E-state index contributed by atoms with van der Waals surface area (Å²) >= 11 is 0. The Morgan fingerprint density at radius 1 is 1.04 bits per heavy atom. The molecule has 5 amide bonds. The van der Waals surface area contributed by atoms with Crippen LogP contribution in [0.2, 0.25) is 0 Å². The maximum atomic E-state index is 13.6. The molecule has 0 spiro atoms. The Balaban J connectivity index is 1.85. The summed E-state index contributed by atoms with van der Waals surface area (Å²) in [6, 6.07) is -5.92. The first kappa shape index (κ1) is 37.1. The van der Waals surface area contributed by atoms with Gasteiger partial charge in [0.25, 0.3) is 5.91 Å². The van der Waals surface area contributed by atoms with E-state index in [9.17, 15) is 38.7 Å². The van der Waals surface area contributed by atoms with E-state index >= 15 is 0 Å². The molecule has 0 aliphatic carbocycles. The first-order chi connectivity index (χ1) is 22.3. The van der Waals surface area contributed by atoms with Crippen molar-refractivity contribution >= 4 is 53.9 Å². The van der Waals surface area contributed by atoms with Gasteiger partial charge in [0.2, 0.25) is 23.6 Å². The Hall–Kier alpha value is -4.37. The number of esters is 1. The van der Waals surface area contributed by atoms with E-state index in [2.05, 4.69) is 26.2 Å². The smallest absolute Gasteiger partial charge is 0.331 e. The van der Waals surface area contributed by atoms with Crippen molar-refractivity contribution in [3.8, 4) is 0 Å². The number of aliphatic carboxylic acids is 1. The molecule has 0 saturated carbocycles. The molecule has 4 N–H and O–H groups in total. The van der Waals surface area contributed by atoms with Gasteiger partial charge in [-0.2, -0.15) is 10.2 Å². The zero-order valence-electron chi connectivity index (χ0n) is 27.5. The Labute approximate surface area is 274 Å². The highest BCUT2D eigenvalue weighted by molar-refractivity contribution is 5.97. The molecule has 0 unspecified atom stereocenters. The lowest BCUT2D eigenvalue weighted by atomic mass is 9.97.